The Balaban J connectivity index is 2.46. The van der Waals surface area contributed by atoms with Crippen LogP contribution in [0.3, 0.4) is 0 Å². The molecule has 2 aromatic carbocycles. The molecular weight excluding hydrogens is 380 g/mol. The minimum atomic E-state index is -1.90. The van der Waals surface area contributed by atoms with Crippen LogP contribution in [0.25, 0.3) is 22.1 Å². The maximum Gasteiger partial charge on any atom is 0.367 e. The van der Waals surface area contributed by atoms with Gasteiger partial charge in [0.2, 0.25) is 0 Å². The largest absolute Gasteiger partial charge is 0.464 e. The summed E-state index contributed by atoms with van der Waals surface area (Å²) in [6, 6.07) is 12.2. The van der Waals surface area contributed by atoms with Crippen molar-refractivity contribution in [3.8, 4) is 0 Å². The van der Waals surface area contributed by atoms with Gasteiger partial charge in [-0.05, 0) is 54.8 Å². The maximum atomic E-state index is 13.3. The van der Waals surface area contributed by atoms with Crippen molar-refractivity contribution in [1.29, 1.82) is 0 Å². The average molecular weight is 411 g/mol. The van der Waals surface area contributed by atoms with Gasteiger partial charge in [0.25, 0.3) is 0 Å². The van der Waals surface area contributed by atoms with E-state index in [0.29, 0.717) is 24.2 Å². The van der Waals surface area contributed by atoms with Crippen molar-refractivity contribution in [3.05, 3.63) is 46.8 Å². The number of ether oxygens (including phenoxy) is 3. The van der Waals surface area contributed by atoms with Crippen molar-refractivity contribution in [2.75, 3.05) is 13.2 Å². The minimum Gasteiger partial charge on any atom is -0.464 e. The number of carbonyl (C=O) groups excluding carboxylic acids is 2. The molecule has 160 valence electrons. The first-order chi connectivity index (χ1) is 14.5. The molecule has 30 heavy (non-hydrogen) atoms. The van der Waals surface area contributed by atoms with Crippen LogP contribution in [0, 0.1) is 0 Å². The van der Waals surface area contributed by atoms with Crippen LogP contribution in [0.2, 0.25) is 0 Å². The Labute approximate surface area is 177 Å². The Bertz CT molecular complexity index is 1050. The van der Waals surface area contributed by atoms with Gasteiger partial charge < -0.3 is 14.2 Å². The summed E-state index contributed by atoms with van der Waals surface area (Å²) in [4.78, 5) is 26.5. The van der Waals surface area contributed by atoms with E-state index in [2.05, 4.69) is 18.2 Å². The molecule has 3 rings (SSSR count). The van der Waals surface area contributed by atoms with E-state index in [9.17, 15) is 9.59 Å². The van der Waals surface area contributed by atoms with E-state index in [1.807, 2.05) is 32.0 Å². The van der Waals surface area contributed by atoms with Gasteiger partial charge in [0, 0.05) is 17.2 Å². The van der Waals surface area contributed by atoms with Gasteiger partial charge in [-0.15, -0.1) is 0 Å². The number of carbonyl (C=O) groups is 2. The van der Waals surface area contributed by atoms with E-state index >= 15 is 0 Å². The number of hydrogen-bond donors (Lipinski definition) is 0. The molecule has 0 fully saturated rings. The molecule has 0 aliphatic carbocycles. The Morgan fingerprint density at radius 3 is 1.87 bits per heavy atom. The minimum absolute atomic E-state index is 0.149. The smallest absolute Gasteiger partial charge is 0.367 e. The molecule has 0 bridgehead atoms. The lowest BCUT2D eigenvalue weighted by atomic mass is 9.84. The van der Waals surface area contributed by atoms with Crippen LogP contribution < -0.4 is 10.4 Å². The first-order valence-corrected chi connectivity index (χ1v) is 10.8. The zero-order valence-electron chi connectivity index (χ0n) is 18.2. The highest BCUT2D eigenvalue weighted by Crippen LogP contribution is 2.35. The summed E-state index contributed by atoms with van der Waals surface area (Å²) < 4.78 is 17.0. The van der Waals surface area contributed by atoms with Crippen molar-refractivity contribution in [3.63, 3.8) is 0 Å². The normalized spacial score (nSPS) is 14.8. The highest BCUT2D eigenvalue weighted by Gasteiger charge is 2.56. The lowest BCUT2D eigenvalue weighted by molar-refractivity contribution is -0.176. The molecule has 0 amide bonds. The SMILES string of the molecule is CCCC1=c2cc3ccccc3cc2=C(CCC)C(C(=O)OCC)(C(=O)OCC)O1. The van der Waals surface area contributed by atoms with E-state index in [1.54, 1.807) is 13.8 Å². The number of fused-ring (bicyclic) bond motifs is 2. The summed E-state index contributed by atoms with van der Waals surface area (Å²) in [6.45, 7) is 7.79. The molecule has 0 unspecified atom stereocenters. The van der Waals surface area contributed by atoms with Gasteiger partial charge in [-0.1, -0.05) is 44.5 Å². The summed E-state index contributed by atoms with van der Waals surface area (Å²) in [7, 11) is 0. The maximum absolute atomic E-state index is 13.3. The van der Waals surface area contributed by atoms with E-state index in [1.165, 1.54) is 0 Å². The van der Waals surface area contributed by atoms with Crippen molar-refractivity contribution in [1.82, 2.24) is 0 Å². The van der Waals surface area contributed by atoms with E-state index in [0.717, 1.165) is 34.1 Å². The van der Waals surface area contributed by atoms with Crippen LogP contribution in [-0.4, -0.2) is 30.8 Å². The molecule has 0 aromatic heterocycles. The van der Waals surface area contributed by atoms with Crippen LogP contribution in [0.5, 0.6) is 0 Å². The Kier molecular flexibility index (Phi) is 6.80. The lowest BCUT2D eigenvalue weighted by Gasteiger charge is -2.35. The topological polar surface area (TPSA) is 61.8 Å². The molecule has 0 radical (unpaired) electrons. The van der Waals surface area contributed by atoms with Gasteiger partial charge in [0.1, 0.15) is 5.76 Å². The fraction of sp³-hybridized carbons (Fsp3) is 0.440. The molecule has 0 atom stereocenters. The summed E-state index contributed by atoms with van der Waals surface area (Å²) in [6.07, 6.45) is 2.68. The van der Waals surface area contributed by atoms with Gasteiger partial charge in [-0.2, -0.15) is 0 Å². The van der Waals surface area contributed by atoms with Crippen molar-refractivity contribution < 1.29 is 23.8 Å². The highest BCUT2D eigenvalue weighted by molar-refractivity contribution is 6.14. The second-order valence-electron chi connectivity index (χ2n) is 7.37. The molecule has 0 saturated heterocycles. The zero-order chi connectivity index (χ0) is 21.7. The third-order valence-corrected chi connectivity index (χ3v) is 5.32. The molecular formula is C25H30O5. The van der Waals surface area contributed by atoms with Crippen molar-refractivity contribution in [2.24, 2.45) is 0 Å². The van der Waals surface area contributed by atoms with Gasteiger partial charge in [-0.25, -0.2) is 9.59 Å². The molecule has 1 aliphatic heterocycles. The fourth-order valence-corrected chi connectivity index (χ4v) is 4.06. The molecule has 2 aromatic rings. The highest BCUT2D eigenvalue weighted by atomic mass is 16.6. The first kappa shape index (κ1) is 21.9. The first-order valence-electron chi connectivity index (χ1n) is 10.8. The quantitative estimate of drug-likeness (QED) is 0.492. The molecule has 0 spiro atoms. The molecule has 0 N–H and O–H groups in total. The lowest BCUT2D eigenvalue weighted by Crippen LogP contribution is -2.58. The van der Waals surface area contributed by atoms with Gasteiger partial charge in [0.05, 0.1) is 13.2 Å². The Morgan fingerprint density at radius 1 is 0.833 bits per heavy atom. The zero-order valence-corrected chi connectivity index (χ0v) is 18.2. The molecule has 5 nitrogen and oxygen atoms in total. The summed E-state index contributed by atoms with van der Waals surface area (Å²) >= 11 is 0. The van der Waals surface area contributed by atoms with E-state index < -0.39 is 17.5 Å². The summed E-state index contributed by atoms with van der Waals surface area (Å²) in [5, 5.41) is 3.93. The Morgan fingerprint density at radius 2 is 1.37 bits per heavy atom. The molecule has 1 heterocycles. The van der Waals surface area contributed by atoms with Gasteiger partial charge in [-0.3, -0.25) is 0 Å². The third-order valence-electron chi connectivity index (χ3n) is 5.32. The predicted molar refractivity (Wildman–Crippen MR) is 117 cm³/mol. The summed E-state index contributed by atoms with van der Waals surface area (Å²) in [5.74, 6) is -0.794. The molecule has 5 heteroatoms. The number of benzene rings is 2. The predicted octanol–water partition coefficient (Wildman–Crippen LogP) is 3.59. The van der Waals surface area contributed by atoms with Crippen LogP contribution in [0.1, 0.15) is 53.4 Å². The second-order valence-corrected chi connectivity index (χ2v) is 7.37. The number of hydrogen-bond acceptors (Lipinski definition) is 5. The molecule has 1 aliphatic rings. The third kappa shape index (κ3) is 3.69. The Hall–Kier alpha value is -2.82. The monoisotopic (exact) mass is 410 g/mol. The summed E-state index contributed by atoms with van der Waals surface area (Å²) in [5.41, 5.74) is -1.29. The van der Waals surface area contributed by atoms with Crippen molar-refractivity contribution >= 4 is 34.0 Å². The number of esters is 2. The van der Waals surface area contributed by atoms with Crippen LogP contribution in [0.15, 0.2) is 36.4 Å². The van der Waals surface area contributed by atoms with Gasteiger partial charge >= 0.3 is 17.5 Å². The van der Waals surface area contributed by atoms with E-state index in [4.69, 9.17) is 14.2 Å². The molecule has 0 saturated carbocycles. The van der Waals surface area contributed by atoms with E-state index in [-0.39, 0.29) is 13.2 Å². The average Bonchev–Trinajstić information content (AvgIpc) is 2.74. The van der Waals surface area contributed by atoms with Gasteiger partial charge in [0.15, 0.2) is 0 Å². The van der Waals surface area contributed by atoms with Crippen LogP contribution in [-0.2, 0) is 23.8 Å². The van der Waals surface area contributed by atoms with Crippen molar-refractivity contribution in [2.45, 2.75) is 59.0 Å². The standard InChI is InChI=1S/C25H30O5/c1-5-11-21-19-15-17-13-9-10-14-18(17)16-20(19)22(12-6-2)30-25(21,23(26)28-7-3)24(27)29-8-4/h9-10,13-16H,5-8,11-12H2,1-4H3. The number of rotatable bonds is 8. The fourth-order valence-electron chi connectivity index (χ4n) is 4.06. The second kappa shape index (κ2) is 9.33. The van der Waals surface area contributed by atoms with Crippen LogP contribution >= 0.6 is 0 Å². The van der Waals surface area contributed by atoms with Crippen LogP contribution in [0.4, 0.5) is 0 Å².